The Balaban J connectivity index is 2.83. The molecule has 70 valence electrons. The molecule has 0 spiro atoms. The van der Waals surface area contributed by atoms with Crippen LogP contribution in [0.15, 0.2) is 16.7 Å². The topological polar surface area (TPSA) is 39.2 Å². The molecular formula is C9H10BrNO2. The van der Waals surface area contributed by atoms with Crippen LogP contribution in [0.25, 0.3) is 0 Å². The Morgan fingerprint density at radius 1 is 1.69 bits per heavy atom. The van der Waals surface area contributed by atoms with Gasteiger partial charge in [-0.1, -0.05) is 0 Å². The van der Waals surface area contributed by atoms with E-state index in [1.54, 1.807) is 6.20 Å². The molecule has 13 heavy (non-hydrogen) atoms. The number of hydrogen-bond donors (Lipinski definition) is 0. The van der Waals surface area contributed by atoms with E-state index < -0.39 is 0 Å². The molecule has 0 unspecified atom stereocenters. The van der Waals surface area contributed by atoms with E-state index in [0.717, 1.165) is 15.7 Å². The Kier molecular flexibility index (Phi) is 3.42. The summed E-state index contributed by atoms with van der Waals surface area (Å²) >= 11 is 3.30. The van der Waals surface area contributed by atoms with Gasteiger partial charge in [0.05, 0.1) is 19.2 Å². The van der Waals surface area contributed by atoms with Crippen molar-refractivity contribution >= 4 is 21.9 Å². The molecule has 0 fully saturated rings. The number of aryl methyl sites for hydroxylation is 1. The number of halogens is 1. The summed E-state index contributed by atoms with van der Waals surface area (Å²) in [4.78, 5) is 15.1. The van der Waals surface area contributed by atoms with Crippen LogP contribution in [-0.4, -0.2) is 18.1 Å². The molecule has 0 aliphatic heterocycles. The molecule has 1 heterocycles. The molecule has 0 atom stereocenters. The molecule has 0 N–H and O–H groups in total. The average Bonchev–Trinajstić information content (AvgIpc) is 2.09. The Bertz CT molecular complexity index is 325. The first kappa shape index (κ1) is 10.2. The number of carbonyl (C=O) groups excluding carboxylic acids is 1. The molecule has 0 saturated carbocycles. The van der Waals surface area contributed by atoms with Crippen LogP contribution in [0.1, 0.15) is 11.3 Å². The summed E-state index contributed by atoms with van der Waals surface area (Å²) in [5.74, 6) is -0.266. The summed E-state index contributed by atoms with van der Waals surface area (Å²) in [6.45, 7) is 1.91. The van der Waals surface area contributed by atoms with Crippen molar-refractivity contribution in [3.63, 3.8) is 0 Å². The van der Waals surface area contributed by atoms with Crippen molar-refractivity contribution in [2.45, 2.75) is 13.3 Å². The van der Waals surface area contributed by atoms with Crippen LogP contribution in [0, 0.1) is 6.92 Å². The maximum Gasteiger partial charge on any atom is 0.311 e. The second kappa shape index (κ2) is 4.37. The predicted octanol–water partition coefficient (Wildman–Crippen LogP) is 1.87. The molecule has 0 aromatic carbocycles. The van der Waals surface area contributed by atoms with E-state index in [9.17, 15) is 4.79 Å². The fourth-order valence-corrected chi connectivity index (χ4v) is 1.41. The molecular weight excluding hydrogens is 234 g/mol. The lowest BCUT2D eigenvalue weighted by molar-refractivity contribution is -0.139. The lowest BCUT2D eigenvalue weighted by atomic mass is 10.2. The van der Waals surface area contributed by atoms with Crippen molar-refractivity contribution in [3.8, 4) is 0 Å². The molecule has 0 aliphatic carbocycles. The number of nitrogens with zero attached hydrogens (tertiary/aromatic N) is 1. The summed E-state index contributed by atoms with van der Waals surface area (Å²) < 4.78 is 5.46. The van der Waals surface area contributed by atoms with Crippen LogP contribution in [0.5, 0.6) is 0 Å². The first-order chi connectivity index (χ1) is 6.13. The van der Waals surface area contributed by atoms with Gasteiger partial charge in [-0.2, -0.15) is 0 Å². The number of hydrogen-bond acceptors (Lipinski definition) is 3. The summed E-state index contributed by atoms with van der Waals surface area (Å²) in [5.41, 5.74) is 1.75. The van der Waals surface area contributed by atoms with Crippen LogP contribution in [0.2, 0.25) is 0 Å². The Labute approximate surface area is 85.3 Å². The van der Waals surface area contributed by atoms with Gasteiger partial charge in [0.15, 0.2) is 0 Å². The second-order valence-corrected chi connectivity index (χ2v) is 3.59. The van der Waals surface area contributed by atoms with Gasteiger partial charge in [-0.15, -0.1) is 0 Å². The fourth-order valence-electron chi connectivity index (χ4n) is 0.963. The van der Waals surface area contributed by atoms with Crippen molar-refractivity contribution in [2.75, 3.05) is 7.11 Å². The molecule has 0 bridgehead atoms. The normalized spacial score (nSPS) is 9.77. The zero-order chi connectivity index (χ0) is 9.84. The highest BCUT2D eigenvalue weighted by molar-refractivity contribution is 9.10. The van der Waals surface area contributed by atoms with E-state index in [0.29, 0.717) is 0 Å². The van der Waals surface area contributed by atoms with E-state index >= 15 is 0 Å². The lowest BCUT2D eigenvalue weighted by Gasteiger charge is -2.03. The Hall–Kier alpha value is -0.900. The van der Waals surface area contributed by atoms with Crippen molar-refractivity contribution in [1.82, 2.24) is 4.98 Å². The number of aromatic nitrogens is 1. The number of pyridine rings is 1. The minimum atomic E-state index is -0.266. The Morgan fingerprint density at radius 3 is 2.92 bits per heavy atom. The molecule has 0 amide bonds. The maximum absolute atomic E-state index is 10.9. The van der Waals surface area contributed by atoms with E-state index in [2.05, 4.69) is 25.7 Å². The largest absolute Gasteiger partial charge is 0.469 e. The number of methoxy groups -OCH3 is 1. The summed E-state index contributed by atoms with van der Waals surface area (Å²) in [6, 6.07) is 1.92. The molecule has 1 aromatic heterocycles. The van der Waals surface area contributed by atoms with Gasteiger partial charge in [-0.3, -0.25) is 9.78 Å². The molecule has 1 rings (SSSR count). The van der Waals surface area contributed by atoms with Crippen molar-refractivity contribution in [2.24, 2.45) is 0 Å². The van der Waals surface area contributed by atoms with Crippen LogP contribution in [0.3, 0.4) is 0 Å². The van der Waals surface area contributed by atoms with Crippen molar-refractivity contribution < 1.29 is 9.53 Å². The Morgan fingerprint density at radius 2 is 2.38 bits per heavy atom. The van der Waals surface area contributed by atoms with E-state index in [1.807, 2.05) is 13.0 Å². The molecule has 0 radical (unpaired) electrons. The van der Waals surface area contributed by atoms with Crippen LogP contribution >= 0.6 is 15.9 Å². The molecule has 1 aromatic rings. The third kappa shape index (κ3) is 2.81. The van der Waals surface area contributed by atoms with Gasteiger partial charge in [0, 0.05) is 10.7 Å². The maximum atomic E-state index is 10.9. The van der Waals surface area contributed by atoms with Crippen molar-refractivity contribution in [1.29, 1.82) is 0 Å². The van der Waals surface area contributed by atoms with Crippen molar-refractivity contribution in [3.05, 3.63) is 28.0 Å². The molecule has 0 aliphatic rings. The van der Waals surface area contributed by atoms with E-state index in [4.69, 9.17) is 0 Å². The second-order valence-electron chi connectivity index (χ2n) is 2.67. The number of carbonyl (C=O) groups is 1. The summed E-state index contributed by atoms with van der Waals surface area (Å²) in [7, 11) is 1.37. The average molecular weight is 244 g/mol. The van der Waals surface area contributed by atoms with Gasteiger partial charge in [-0.05, 0) is 34.5 Å². The first-order valence-electron chi connectivity index (χ1n) is 3.81. The zero-order valence-corrected chi connectivity index (χ0v) is 9.09. The van der Waals surface area contributed by atoms with Gasteiger partial charge < -0.3 is 4.74 Å². The smallest absolute Gasteiger partial charge is 0.311 e. The summed E-state index contributed by atoms with van der Waals surface area (Å²) in [5, 5.41) is 0. The van der Waals surface area contributed by atoms with Gasteiger partial charge in [0.25, 0.3) is 0 Å². The van der Waals surface area contributed by atoms with Crippen LogP contribution in [0.4, 0.5) is 0 Å². The van der Waals surface area contributed by atoms with Crippen LogP contribution in [-0.2, 0) is 16.0 Å². The molecule has 0 saturated heterocycles. The van der Waals surface area contributed by atoms with Gasteiger partial charge in [0.2, 0.25) is 0 Å². The summed E-state index contributed by atoms with van der Waals surface area (Å²) in [6.07, 6.45) is 1.90. The zero-order valence-electron chi connectivity index (χ0n) is 7.50. The standard InChI is InChI=1S/C9H10BrNO2/c1-6-3-7(10)5-11-8(6)4-9(12)13-2/h3,5H,4H2,1-2H3. The minimum Gasteiger partial charge on any atom is -0.469 e. The van der Waals surface area contributed by atoms with E-state index in [-0.39, 0.29) is 12.4 Å². The van der Waals surface area contributed by atoms with Gasteiger partial charge in [-0.25, -0.2) is 0 Å². The third-order valence-electron chi connectivity index (χ3n) is 1.69. The SMILES string of the molecule is COC(=O)Cc1ncc(Br)cc1C. The predicted molar refractivity (Wildman–Crippen MR) is 52.4 cm³/mol. The molecule has 4 heteroatoms. The number of rotatable bonds is 2. The van der Waals surface area contributed by atoms with Crippen LogP contribution < -0.4 is 0 Å². The first-order valence-corrected chi connectivity index (χ1v) is 4.60. The van der Waals surface area contributed by atoms with Gasteiger partial charge in [0.1, 0.15) is 0 Å². The highest BCUT2D eigenvalue weighted by atomic mass is 79.9. The quantitative estimate of drug-likeness (QED) is 0.745. The minimum absolute atomic E-state index is 0.232. The number of ether oxygens (including phenoxy) is 1. The van der Waals surface area contributed by atoms with Gasteiger partial charge >= 0.3 is 5.97 Å². The van der Waals surface area contributed by atoms with E-state index in [1.165, 1.54) is 7.11 Å². The molecule has 3 nitrogen and oxygen atoms in total. The lowest BCUT2D eigenvalue weighted by Crippen LogP contribution is -2.07. The number of esters is 1. The monoisotopic (exact) mass is 243 g/mol. The fraction of sp³-hybridized carbons (Fsp3) is 0.333. The highest BCUT2D eigenvalue weighted by Crippen LogP contribution is 2.13. The third-order valence-corrected chi connectivity index (χ3v) is 2.13. The highest BCUT2D eigenvalue weighted by Gasteiger charge is 2.06.